The Morgan fingerprint density at radius 2 is 1.39 bits per heavy atom. The molecule has 3 aromatic rings. The Bertz CT molecular complexity index is 1160. The van der Waals surface area contributed by atoms with Crippen molar-refractivity contribution >= 4 is 21.8 Å². The summed E-state index contributed by atoms with van der Waals surface area (Å²) >= 11 is 0. The Hall–Kier alpha value is -3.45. The average Bonchev–Trinajstić information content (AvgIpc) is 2.73. The minimum atomic E-state index is -4.05. The molecule has 4 rings (SSSR count). The van der Waals surface area contributed by atoms with Gasteiger partial charge in [0.25, 0.3) is 15.7 Å². The highest BCUT2D eigenvalue weighted by atomic mass is 32.2. The maximum Gasteiger partial charge on any atom is 0.274 e. The van der Waals surface area contributed by atoms with E-state index in [-0.39, 0.29) is 10.6 Å². The minimum absolute atomic E-state index is 0.0790. The highest BCUT2D eigenvalue weighted by molar-refractivity contribution is 7.92. The lowest BCUT2D eigenvalue weighted by atomic mass is 9.97. The molecule has 6 nitrogen and oxygen atoms in total. The van der Waals surface area contributed by atoms with Crippen LogP contribution in [-0.4, -0.2) is 13.3 Å². The zero-order chi connectivity index (χ0) is 19.7. The Labute approximate surface area is 162 Å². The molecule has 0 saturated heterocycles. The third kappa shape index (κ3) is 2.95. The summed E-state index contributed by atoms with van der Waals surface area (Å²) < 4.78 is 28.3. The van der Waals surface area contributed by atoms with Gasteiger partial charge < -0.3 is 0 Å². The minimum Gasteiger partial charge on any atom is -0.259 e. The second-order valence-electron chi connectivity index (χ2n) is 6.31. The third-order valence-corrected chi connectivity index (χ3v) is 6.41. The lowest BCUT2D eigenvalue weighted by Crippen LogP contribution is -2.39. The molecule has 7 heteroatoms. The molecule has 0 bridgehead atoms. The number of rotatable bonds is 4. The molecule has 28 heavy (non-hydrogen) atoms. The van der Waals surface area contributed by atoms with E-state index in [2.05, 4.69) is 0 Å². The zero-order valence-electron chi connectivity index (χ0n) is 14.7. The van der Waals surface area contributed by atoms with Gasteiger partial charge in [0.05, 0.1) is 15.5 Å². The van der Waals surface area contributed by atoms with Gasteiger partial charge in [0.2, 0.25) is 0 Å². The van der Waals surface area contributed by atoms with Crippen molar-refractivity contribution in [2.45, 2.75) is 10.9 Å². The first-order valence-corrected chi connectivity index (χ1v) is 10.0. The van der Waals surface area contributed by atoms with Crippen LogP contribution in [0.25, 0.3) is 6.08 Å². The molecule has 0 aromatic heterocycles. The van der Waals surface area contributed by atoms with E-state index >= 15 is 0 Å². The van der Waals surface area contributed by atoms with Crippen LogP contribution in [0.1, 0.15) is 17.2 Å². The van der Waals surface area contributed by atoms with Gasteiger partial charge in [0.1, 0.15) is 0 Å². The molecule has 3 aromatic carbocycles. The topological polar surface area (TPSA) is 80.5 Å². The normalized spacial score (nSPS) is 16.2. The van der Waals surface area contributed by atoms with Gasteiger partial charge in [0, 0.05) is 11.6 Å². The van der Waals surface area contributed by atoms with Crippen molar-refractivity contribution in [3.8, 4) is 0 Å². The predicted octanol–water partition coefficient (Wildman–Crippen LogP) is 4.25. The fraction of sp³-hybridized carbons (Fsp3) is 0.0476. The largest absolute Gasteiger partial charge is 0.274 e. The third-order valence-electron chi connectivity index (χ3n) is 4.62. The summed E-state index contributed by atoms with van der Waals surface area (Å²) in [4.78, 5) is 11.4. The summed E-state index contributed by atoms with van der Waals surface area (Å²) in [5.74, 6) is 0. The van der Waals surface area contributed by atoms with Crippen LogP contribution in [0.15, 0.2) is 95.5 Å². The summed E-state index contributed by atoms with van der Waals surface area (Å²) in [6, 6.07) is 22.3. The molecule has 1 aliphatic heterocycles. The maximum atomic E-state index is 13.6. The molecule has 0 N–H and O–H groups in total. The van der Waals surface area contributed by atoms with Gasteiger partial charge in [-0.15, -0.1) is 0 Å². The summed E-state index contributed by atoms with van der Waals surface area (Å²) in [6.07, 6.45) is 1.45. The van der Waals surface area contributed by atoms with E-state index < -0.39 is 21.0 Å². The second-order valence-corrected chi connectivity index (χ2v) is 8.13. The van der Waals surface area contributed by atoms with Gasteiger partial charge in [-0.3, -0.25) is 10.1 Å². The summed E-state index contributed by atoms with van der Waals surface area (Å²) in [5, 5.41) is 11.9. The van der Waals surface area contributed by atoms with Gasteiger partial charge in [-0.1, -0.05) is 66.7 Å². The van der Waals surface area contributed by atoms with Gasteiger partial charge in [-0.25, -0.2) is 12.7 Å². The Balaban J connectivity index is 2.02. The summed E-state index contributed by atoms with van der Waals surface area (Å²) in [7, 11) is -4.05. The van der Waals surface area contributed by atoms with Gasteiger partial charge in [-0.05, 0) is 23.8 Å². The number of hydrogen-bond donors (Lipinski definition) is 0. The standard InChI is InChI=1S/C21H16N2O4S/c24-23(25)20-15-17-11-7-8-14-19(17)22(21(20)16-9-3-1-4-10-16)28(26,27)18-12-5-2-6-13-18/h1-15,21H/t21-/m0/s1. The van der Waals surface area contributed by atoms with Crippen LogP contribution in [0.3, 0.4) is 0 Å². The van der Waals surface area contributed by atoms with Crippen molar-refractivity contribution in [2.75, 3.05) is 4.31 Å². The molecule has 1 atom stereocenters. The quantitative estimate of drug-likeness (QED) is 0.491. The van der Waals surface area contributed by atoms with Crippen molar-refractivity contribution < 1.29 is 13.3 Å². The van der Waals surface area contributed by atoms with Crippen LogP contribution in [0.4, 0.5) is 5.69 Å². The smallest absolute Gasteiger partial charge is 0.259 e. The molecular formula is C21H16N2O4S. The predicted molar refractivity (Wildman–Crippen MR) is 107 cm³/mol. The van der Waals surface area contributed by atoms with Gasteiger partial charge >= 0.3 is 0 Å². The van der Waals surface area contributed by atoms with E-state index in [0.29, 0.717) is 16.8 Å². The van der Waals surface area contributed by atoms with Gasteiger partial charge in [0.15, 0.2) is 6.04 Å². The molecular weight excluding hydrogens is 376 g/mol. The van der Waals surface area contributed by atoms with Crippen molar-refractivity contribution in [1.29, 1.82) is 0 Å². The molecule has 0 fully saturated rings. The molecule has 140 valence electrons. The average molecular weight is 392 g/mol. The fourth-order valence-electron chi connectivity index (χ4n) is 3.38. The number of fused-ring (bicyclic) bond motifs is 1. The molecule has 0 radical (unpaired) electrons. The number of nitro groups is 1. The lowest BCUT2D eigenvalue weighted by Gasteiger charge is -2.35. The van der Waals surface area contributed by atoms with Crippen LogP contribution in [-0.2, 0) is 10.0 Å². The van der Waals surface area contributed by atoms with E-state index in [4.69, 9.17) is 0 Å². The number of nitrogens with zero attached hydrogens (tertiary/aromatic N) is 2. The Morgan fingerprint density at radius 1 is 0.821 bits per heavy atom. The van der Waals surface area contributed by atoms with Crippen molar-refractivity contribution in [3.63, 3.8) is 0 Å². The number of hydrogen-bond acceptors (Lipinski definition) is 4. The summed E-state index contributed by atoms with van der Waals surface area (Å²) in [6.45, 7) is 0. The number of anilines is 1. The van der Waals surface area contributed by atoms with Crippen LogP contribution in [0.2, 0.25) is 0 Å². The highest BCUT2D eigenvalue weighted by Gasteiger charge is 2.43. The monoisotopic (exact) mass is 392 g/mol. The van der Waals surface area contributed by atoms with Crippen LogP contribution in [0, 0.1) is 10.1 Å². The van der Waals surface area contributed by atoms with Crippen molar-refractivity contribution in [3.05, 3.63) is 112 Å². The molecule has 0 aliphatic carbocycles. The molecule has 1 heterocycles. The molecule has 0 amide bonds. The number of benzene rings is 3. The van der Waals surface area contributed by atoms with E-state index in [1.54, 1.807) is 72.8 Å². The molecule has 0 unspecified atom stereocenters. The molecule has 1 aliphatic rings. The van der Waals surface area contributed by atoms with Gasteiger partial charge in [-0.2, -0.15) is 0 Å². The van der Waals surface area contributed by atoms with E-state index in [9.17, 15) is 18.5 Å². The van der Waals surface area contributed by atoms with Crippen LogP contribution >= 0.6 is 0 Å². The van der Waals surface area contributed by atoms with Crippen molar-refractivity contribution in [1.82, 2.24) is 0 Å². The van der Waals surface area contributed by atoms with E-state index in [1.807, 2.05) is 0 Å². The summed E-state index contributed by atoms with van der Waals surface area (Å²) in [5.41, 5.74) is 1.23. The van der Waals surface area contributed by atoms with E-state index in [1.165, 1.54) is 18.2 Å². The number of sulfonamides is 1. The first-order valence-electron chi connectivity index (χ1n) is 8.59. The highest BCUT2D eigenvalue weighted by Crippen LogP contribution is 2.44. The first-order chi connectivity index (χ1) is 13.5. The van der Waals surface area contributed by atoms with Crippen molar-refractivity contribution in [2.24, 2.45) is 0 Å². The van der Waals surface area contributed by atoms with E-state index in [0.717, 1.165) is 4.31 Å². The Kier molecular flexibility index (Phi) is 4.44. The SMILES string of the molecule is O=[N+]([O-])C1=Cc2ccccc2N(S(=O)(=O)c2ccccc2)[C@H]1c1ccccc1. The zero-order valence-corrected chi connectivity index (χ0v) is 15.5. The molecule has 0 spiro atoms. The fourth-order valence-corrected chi connectivity index (χ4v) is 5.04. The Morgan fingerprint density at radius 3 is 2.04 bits per heavy atom. The maximum absolute atomic E-state index is 13.6. The molecule has 0 saturated carbocycles. The second kappa shape index (κ2) is 6.94. The van der Waals surface area contributed by atoms with Crippen LogP contribution < -0.4 is 4.31 Å². The lowest BCUT2D eigenvalue weighted by molar-refractivity contribution is -0.428. The number of para-hydroxylation sites is 1. The first kappa shape index (κ1) is 17.9. The van der Waals surface area contributed by atoms with Crippen LogP contribution in [0.5, 0.6) is 0 Å².